The van der Waals surface area contributed by atoms with E-state index in [1.165, 1.54) is 5.56 Å². The van der Waals surface area contributed by atoms with Gasteiger partial charge in [0.2, 0.25) is 5.91 Å². The molecule has 1 rings (SSSR count). The van der Waals surface area contributed by atoms with E-state index >= 15 is 0 Å². The average molecular weight is 247 g/mol. The van der Waals surface area contributed by atoms with Crippen LogP contribution in [0.15, 0.2) is 24.3 Å². The number of nitrogens with one attached hydrogen (secondary N) is 1. The monoisotopic (exact) mass is 247 g/mol. The maximum Gasteiger partial charge on any atom is 0.229 e. The van der Waals surface area contributed by atoms with E-state index < -0.39 is 0 Å². The van der Waals surface area contributed by atoms with Crippen molar-refractivity contribution in [2.24, 2.45) is 10.8 Å². The number of carbonyl (C=O) groups is 1. The van der Waals surface area contributed by atoms with Crippen LogP contribution in [-0.4, -0.2) is 5.91 Å². The molecule has 0 aliphatic heterocycles. The van der Waals surface area contributed by atoms with Crippen molar-refractivity contribution in [2.75, 3.05) is 5.32 Å². The summed E-state index contributed by atoms with van der Waals surface area (Å²) >= 11 is 0. The Bertz CT molecular complexity index is 404. The van der Waals surface area contributed by atoms with Gasteiger partial charge in [-0.2, -0.15) is 0 Å². The predicted octanol–water partition coefficient (Wildman–Crippen LogP) is 4.26. The van der Waals surface area contributed by atoms with Crippen LogP contribution in [0, 0.1) is 10.8 Å². The number of amides is 1. The minimum Gasteiger partial charge on any atom is -0.326 e. The minimum absolute atomic E-state index is 0.0473. The zero-order valence-electron chi connectivity index (χ0n) is 12.4. The van der Waals surface area contributed by atoms with Crippen LogP contribution in [-0.2, 0) is 11.2 Å². The number of carbonyl (C=O) groups excluding carboxylic acids is 1. The van der Waals surface area contributed by atoms with E-state index in [4.69, 9.17) is 0 Å². The number of hydrogen-bond donors (Lipinski definition) is 1. The summed E-state index contributed by atoms with van der Waals surface area (Å²) in [6, 6.07) is 8.13. The lowest BCUT2D eigenvalue weighted by Crippen LogP contribution is -2.27. The van der Waals surface area contributed by atoms with Gasteiger partial charge in [0, 0.05) is 11.1 Å². The lowest BCUT2D eigenvalue weighted by molar-refractivity contribution is -0.123. The Hall–Kier alpha value is -1.31. The van der Waals surface area contributed by atoms with Gasteiger partial charge < -0.3 is 5.32 Å². The van der Waals surface area contributed by atoms with Gasteiger partial charge in [-0.05, 0) is 29.5 Å². The quantitative estimate of drug-likeness (QED) is 0.831. The molecule has 0 bridgehead atoms. The van der Waals surface area contributed by atoms with Crippen molar-refractivity contribution >= 4 is 11.6 Å². The molecule has 0 unspecified atom stereocenters. The third kappa shape index (κ3) is 4.91. The second-order valence-electron chi connectivity index (χ2n) is 7.14. The number of hydrogen-bond acceptors (Lipinski definition) is 1. The Morgan fingerprint density at radius 3 is 1.89 bits per heavy atom. The highest BCUT2D eigenvalue weighted by molar-refractivity contribution is 5.94. The van der Waals surface area contributed by atoms with Crippen molar-refractivity contribution in [1.29, 1.82) is 0 Å². The smallest absolute Gasteiger partial charge is 0.229 e. The third-order valence-corrected chi connectivity index (χ3v) is 2.63. The molecule has 1 aromatic rings. The maximum absolute atomic E-state index is 11.8. The fourth-order valence-electron chi connectivity index (χ4n) is 1.64. The van der Waals surface area contributed by atoms with E-state index in [-0.39, 0.29) is 16.7 Å². The molecule has 0 radical (unpaired) electrons. The van der Waals surface area contributed by atoms with E-state index in [0.29, 0.717) is 0 Å². The van der Waals surface area contributed by atoms with Gasteiger partial charge in [-0.25, -0.2) is 0 Å². The fraction of sp³-hybridized carbons (Fsp3) is 0.562. The first-order valence-electron chi connectivity index (χ1n) is 6.48. The van der Waals surface area contributed by atoms with E-state index in [2.05, 4.69) is 38.2 Å². The summed E-state index contributed by atoms with van der Waals surface area (Å²) in [5.74, 6) is 0.0473. The molecule has 1 amide bonds. The first-order valence-corrected chi connectivity index (χ1v) is 6.48. The van der Waals surface area contributed by atoms with Crippen LogP contribution in [0.4, 0.5) is 5.69 Å². The second kappa shape index (κ2) is 5.13. The Labute approximate surface area is 111 Å². The fourth-order valence-corrected chi connectivity index (χ4v) is 1.64. The minimum atomic E-state index is -0.357. The van der Waals surface area contributed by atoms with E-state index in [9.17, 15) is 4.79 Å². The Morgan fingerprint density at radius 1 is 1.00 bits per heavy atom. The SMILES string of the molecule is CC(C)(C)Cc1ccc(NC(=O)C(C)(C)C)cc1. The Balaban J connectivity index is 2.70. The van der Waals surface area contributed by atoms with Crippen molar-refractivity contribution in [3.8, 4) is 0 Å². The van der Waals surface area contributed by atoms with Crippen LogP contribution in [0.3, 0.4) is 0 Å². The van der Waals surface area contributed by atoms with Crippen molar-refractivity contribution in [3.63, 3.8) is 0 Å². The zero-order valence-corrected chi connectivity index (χ0v) is 12.4. The molecule has 1 aromatic carbocycles. The second-order valence-corrected chi connectivity index (χ2v) is 7.14. The van der Waals surface area contributed by atoms with Crippen LogP contribution < -0.4 is 5.32 Å². The molecule has 0 aromatic heterocycles. The molecule has 0 aliphatic carbocycles. The van der Waals surface area contributed by atoms with Crippen molar-refractivity contribution < 1.29 is 4.79 Å². The molecule has 1 N–H and O–H groups in total. The highest BCUT2D eigenvalue weighted by Crippen LogP contribution is 2.22. The zero-order chi connectivity index (χ0) is 14.0. The maximum atomic E-state index is 11.8. The average Bonchev–Trinajstić information content (AvgIpc) is 2.17. The van der Waals surface area contributed by atoms with E-state index in [0.717, 1.165) is 12.1 Å². The molecule has 2 nitrogen and oxygen atoms in total. The standard InChI is InChI=1S/C16H25NO/c1-15(2,3)11-12-7-9-13(10-8-12)17-14(18)16(4,5)6/h7-10H,11H2,1-6H3,(H,17,18). The summed E-state index contributed by atoms with van der Waals surface area (Å²) in [7, 11) is 0. The van der Waals surface area contributed by atoms with Crippen LogP contribution in [0.2, 0.25) is 0 Å². The lowest BCUT2D eigenvalue weighted by atomic mass is 9.88. The summed E-state index contributed by atoms with van der Waals surface area (Å²) < 4.78 is 0. The van der Waals surface area contributed by atoms with Gasteiger partial charge in [0.15, 0.2) is 0 Å². The van der Waals surface area contributed by atoms with Gasteiger partial charge in [-0.3, -0.25) is 4.79 Å². The van der Waals surface area contributed by atoms with Crippen molar-refractivity contribution in [3.05, 3.63) is 29.8 Å². The van der Waals surface area contributed by atoms with Crippen LogP contribution >= 0.6 is 0 Å². The van der Waals surface area contributed by atoms with E-state index in [1.54, 1.807) is 0 Å². The normalized spacial score (nSPS) is 12.3. The van der Waals surface area contributed by atoms with Crippen LogP contribution in [0.1, 0.15) is 47.1 Å². The molecular weight excluding hydrogens is 222 g/mol. The van der Waals surface area contributed by atoms with Gasteiger partial charge in [0.25, 0.3) is 0 Å². The summed E-state index contributed by atoms with van der Waals surface area (Å²) in [6.45, 7) is 12.4. The summed E-state index contributed by atoms with van der Waals surface area (Å²) in [6.07, 6.45) is 1.04. The molecule has 0 fully saturated rings. The lowest BCUT2D eigenvalue weighted by Gasteiger charge is -2.19. The molecule has 18 heavy (non-hydrogen) atoms. The molecule has 0 saturated carbocycles. The van der Waals surface area contributed by atoms with Gasteiger partial charge in [-0.1, -0.05) is 53.7 Å². The summed E-state index contributed by atoms with van der Waals surface area (Å²) in [5, 5.41) is 2.93. The highest BCUT2D eigenvalue weighted by atomic mass is 16.2. The summed E-state index contributed by atoms with van der Waals surface area (Å²) in [5.41, 5.74) is 2.10. The largest absolute Gasteiger partial charge is 0.326 e. The molecule has 0 atom stereocenters. The molecular formula is C16H25NO. The first kappa shape index (κ1) is 14.7. The first-order chi connectivity index (χ1) is 8.08. The van der Waals surface area contributed by atoms with Crippen LogP contribution in [0.5, 0.6) is 0 Å². The molecule has 100 valence electrons. The number of anilines is 1. The summed E-state index contributed by atoms with van der Waals surface area (Å²) in [4.78, 5) is 11.8. The highest BCUT2D eigenvalue weighted by Gasteiger charge is 2.21. The molecule has 0 heterocycles. The Kier molecular flexibility index (Phi) is 4.20. The van der Waals surface area contributed by atoms with Gasteiger partial charge >= 0.3 is 0 Å². The molecule has 0 saturated heterocycles. The number of rotatable bonds is 2. The van der Waals surface area contributed by atoms with E-state index in [1.807, 2.05) is 32.9 Å². The molecule has 0 spiro atoms. The molecule has 2 heteroatoms. The van der Waals surface area contributed by atoms with Crippen molar-refractivity contribution in [2.45, 2.75) is 48.0 Å². The Morgan fingerprint density at radius 2 is 1.50 bits per heavy atom. The molecule has 0 aliphatic rings. The van der Waals surface area contributed by atoms with Crippen molar-refractivity contribution in [1.82, 2.24) is 0 Å². The number of benzene rings is 1. The van der Waals surface area contributed by atoms with Crippen LogP contribution in [0.25, 0.3) is 0 Å². The topological polar surface area (TPSA) is 29.1 Å². The van der Waals surface area contributed by atoms with Gasteiger partial charge in [0.05, 0.1) is 0 Å². The predicted molar refractivity (Wildman–Crippen MR) is 77.7 cm³/mol. The van der Waals surface area contributed by atoms with Gasteiger partial charge in [0.1, 0.15) is 0 Å². The third-order valence-electron chi connectivity index (χ3n) is 2.63. The van der Waals surface area contributed by atoms with Gasteiger partial charge in [-0.15, -0.1) is 0 Å².